The number of benzene rings is 1. The largest absolute Gasteiger partial charge is 0.496 e. The van der Waals surface area contributed by atoms with Crippen LogP contribution in [-0.2, 0) is 6.42 Å². The van der Waals surface area contributed by atoms with E-state index in [2.05, 4.69) is 31.3 Å². The number of hydrogen-bond donors (Lipinski definition) is 1. The van der Waals surface area contributed by atoms with Gasteiger partial charge in [0.2, 0.25) is 0 Å². The second kappa shape index (κ2) is 5.54. The average Bonchev–Trinajstić information content (AvgIpc) is 2.35. The van der Waals surface area contributed by atoms with E-state index < -0.39 is 0 Å². The summed E-state index contributed by atoms with van der Waals surface area (Å²) < 4.78 is 5.44. The van der Waals surface area contributed by atoms with E-state index in [9.17, 15) is 0 Å². The first-order valence-corrected chi connectivity index (χ1v) is 6.55. The molecule has 0 aliphatic carbocycles. The van der Waals surface area contributed by atoms with Gasteiger partial charge in [-0.2, -0.15) is 0 Å². The zero-order valence-electron chi connectivity index (χ0n) is 11.2. The highest BCUT2D eigenvalue weighted by atomic mass is 16.5. The lowest BCUT2D eigenvalue weighted by atomic mass is 9.90. The number of piperidine rings is 1. The Morgan fingerprint density at radius 3 is 2.59 bits per heavy atom. The molecule has 2 heteroatoms. The third kappa shape index (κ3) is 3.01. The summed E-state index contributed by atoms with van der Waals surface area (Å²) in [5, 5.41) is 3.42. The molecule has 1 aliphatic heterocycles. The Bertz CT molecular complexity index is 381. The van der Waals surface area contributed by atoms with Crippen LogP contribution in [0.4, 0.5) is 0 Å². The van der Waals surface area contributed by atoms with E-state index in [1.54, 1.807) is 7.11 Å². The highest BCUT2D eigenvalue weighted by molar-refractivity contribution is 5.42. The van der Waals surface area contributed by atoms with Crippen molar-refractivity contribution in [1.82, 2.24) is 5.32 Å². The molecule has 0 saturated carbocycles. The van der Waals surface area contributed by atoms with Crippen LogP contribution >= 0.6 is 0 Å². The third-order valence-electron chi connectivity index (χ3n) is 3.88. The van der Waals surface area contributed by atoms with Crippen LogP contribution in [0.3, 0.4) is 0 Å². The Balaban J connectivity index is 2.12. The van der Waals surface area contributed by atoms with Crippen molar-refractivity contribution in [2.45, 2.75) is 33.1 Å². The molecule has 94 valence electrons. The first kappa shape index (κ1) is 12.4. The summed E-state index contributed by atoms with van der Waals surface area (Å²) in [6.45, 7) is 6.64. The van der Waals surface area contributed by atoms with E-state index in [-0.39, 0.29) is 0 Å². The molecule has 1 aromatic rings. The SMILES string of the molecule is COc1cc(CC2CCNCC2)cc(C)c1C. The van der Waals surface area contributed by atoms with Gasteiger partial charge >= 0.3 is 0 Å². The minimum absolute atomic E-state index is 0.836. The molecule has 1 saturated heterocycles. The van der Waals surface area contributed by atoms with E-state index in [1.807, 2.05) is 0 Å². The maximum Gasteiger partial charge on any atom is 0.122 e. The maximum atomic E-state index is 5.44. The summed E-state index contributed by atoms with van der Waals surface area (Å²) in [4.78, 5) is 0. The number of hydrogen-bond acceptors (Lipinski definition) is 2. The van der Waals surface area contributed by atoms with Crippen molar-refractivity contribution >= 4 is 0 Å². The molecular formula is C15H23NO. The third-order valence-corrected chi connectivity index (χ3v) is 3.88. The summed E-state index contributed by atoms with van der Waals surface area (Å²) in [5.74, 6) is 1.87. The van der Waals surface area contributed by atoms with E-state index in [0.717, 1.165) is 11.7 Å². The summed E-state index contributed by atoms with van der Waals surface area (Å²) in [5.41, 5.74) is 4.03. The minimum Gasteiger partial charge on any atom is -0.496 e. The van der Waals surface area contributed by atoms with Gasteiger partial charge in [-0.15, -0.1) is 0 Å². The lowest BCUT2D eigenvalue weighted by molar-refractivity contribution is 0.371. The van der Waals surface area contributed by atoms with Crippen LogP contribution in [0.15, 0.2) is 12.1 Å². The zero-order valence-corrected chi connectivity index (χ0v) is 11.2. The maximum absolute atomic E-state index is 5.44. The zero-order chi connectivity index (χ0) is 12.3. The monoisotopic (exact) mass is 233 g/mol. The van der Waals surface area contributed by atoms with Crippen molar-refractivity contribution in [3.05, 3.63) is 28.8 Å². The van der Waals surface area contributed by atoms with Gasteiger partial charge in [0.05, 0.1) is 7.11 Å². The molecule has 0 amide bonds. The predicted octanol–water partition coefficient (Wildman–Crippen LogP) is 2.85. The topological polar surface area (TPSA) is 21.3 Å². The fraction of sp³-hybridized carbons (Fsp3) is 0.600. The van der Waals surface area contributed by atoms with Gasteiger partial charge in [-0.3, -0.25) is 0 Å². The molecule has 17 heavy (non-hydrogen) atoms. The molecule has 1 fully saturated rings. The van der Waals surface area contributed by atoms with Crippen LogP contribution in [0.2, 0.25) is 0 Å². The lowest BCUT2D eigenvalue weighted by Gasteiger charge is -2.23. The molecule has 0 bridgehead atoms. The first-order chi connectivity index (χ1) is 8.20. The molecule has 0 aromatic heterocycles. The van der Waals surface area contributed by atoms with Crippen LogP contribution < -0.4 is 10.1 Å². The number of aryl methyl sites for hydroxylation is 1. The molecule has 1 aromatic carbocycles. The number of rotatable bonds is 3. The van der Waals surface area contributed by atoms with Gasteiger partial charge in [-0.05, 0) is 74.9 Å². The number of ether oxygens (including phenoxy) is 1. The van der Waals surface area contributed by atoms with Crippen LogP contribution in [0, 0.1) is 19.8 Å². The van der Waals surface area contributed by atoms with Crippen molar-refractivity contribution in [3.8, 4) is 5.75 Å². The highest BCUT2D eigenvalue weighted by Crippen LogP contribution is 2.26. The van der Waals surface area contributed by atoms with E-state index in [4.69, 9.17) is 4.74 Å². The molecule has 2 nitrogen and oxygen atoms in total. The van der Waals surface area contributed by atoms with Crippen LogP contribution in [0.25, 0.3) is 0 Å². The number of methoxy groups -OCH3 is 1. The normalized spacial score (nSPS) is 17.1. The Hall–Kier alpha value is -1.02. The van der Waals surface area contributed by atoms with Crippen molar-refractivity contribution < 1.29 is 4.74 Å². The van der Waals surface area contributed by atoms with Gasteiger partial charge in [-0.25, -0.2) is 0 Å². The second-order valence-corrected chi connectivity index (χ2v) is 5.14. The smallest absolute Gasteiger partial charge is 0.122 e. The molecule has 0 atom stereocenters. The Kier molecular flexibility index (Phi) is 4.06. The Morgan fingerprint density at radius 2 is 1.94 bits per heavy atom. The number of nitrogens with one attached hydrogen (secondary N) is 1. The van der Waals surface area contributed by atoms with Crippen LogP contribution in [0.1, 0.15) is 29.5 Å². The van der Waals surface area contributed by atoms with Gasteiger partial charge < -0.3 is 10.1 Å². The standard InChI is InChI=1S/C15H23NO/c1-11-8-14(10-15(17-3)12(11)2)9-13-4-6-16-7-5-13/h8,10,13,16H,4-7,9H2,1-3H3. The molecule has 0 radical (unpaired) electrons. The van der Waals surface area contributed by atoms with Crippen molar-refractivity contribution in [2.75, 3.05) is 20.2 Å². The van der Waals surface area contributed by atoms with Crippen LogP contribution in [0.5, 0.6) is 5.75 Å². The summed E-state index contributed by atoms with van der Waals surface area (Å²) in [6, 6.07) is 4.53. The summed E-state index contributed by atoms with van der Waals surface area (Å²) >= 11 is 0. The second-order valence-electron chi connectivity index (χ2n) is 5.14. The van der Waals surface area contributed by atoms with E-state index in [0.29, 0.717) is 0 Å². The van der Waals surface area contributed by atoms with Crippen molar-refractivity contribution in [2.24, 2.45) is 5.92 Å². The van der Waals surface area contributed by atoms with Gasteiger partial charge in [0.25, 0.3) is 0 Å². The van der Waals surface area contributed by atoms with Crippen molar-refractivity contribution in [3.63, 3.8) is 0 Å². The van der Waals surface area contributed by atoms with E-state index >= 15 is 0 Å². The minimum atomic E-state index is 0.836. The van der Waals surface area contributed by atoms with E-state index in [1.165, 1.54) is 49.0 Å². The predicted molar refractivity (Wildman–Crippen MR) is 71.8 cm³/mol. The van der Waals surface area contributed by atoms with Gasteiger partial charge in [0, 0.05) is 0 Å². The Labute approximate surface area is 104 Å². The molecule has 1 N–H and O–H groups in total. The fourth-order valence-electron chi connectivity index (χ4n) is 2.65. The van der Waals surface area contributed by atoms with Gasteiger partial charge in [-0.1, -0.05) is 6.07 Å². The van der Waals surface area contributed by atoms with Crippen LogP contribution in [-0.4, -0.2) is 20.2 Å². The molecule has 1 heterocycles. The quantitative estimate of drug-likeness (QED) is 0.867. The average molecular weight is 233 g/mol. The molecule has 0 spiro atoms. The van der Waals surface area contributed by atoms with Gasteiger partial charge in [0.1, 0.15) is 5.75 Å². The fourth-order valence-corrected chi connectivity index (χ4v) is 2.65. The summed E-state index contributed by atoms with van der Waals surface area (Å²) in [7, 11) is 1.76. The highest BCUT2D eigenvalue weighted by Gasteiger charge is 2.14. The molecular weight excluding hydrogens is 210 g/mol. The first-order valence-electron chi connectivity index (χ1n) is 6.55. The Morgan fingerprint density at radius 1 is 1.24 bits per heavy atom. The molecule has 2 rings (SSSR count). The molecule has 0 unspecified atom stereocenters. The lowest BCUT2D eigenvalue weighted by Crippen LogP contribution is -2.28. The van der Waals surface area contributed by atoms with Crippen molar-refractivity contribution in [1.29, 1.82) is 0 Å². The van der Waals surface area contributed by atoms with Gasteiger partial charge in [0.15, 0.2) is 0 Å². The summed E-state index contributed by atoms with van der Waals surface area (Å²) in [6.07, 6.45) is 3.80. The molecule has 1 aliphatic rings.